The molecular formula is C37H50N4O5S. The number of aromatic hydroxyl groups is 1. The van der Waals surface area contributed by atoms with E-state index in [1.54, 1.807) is 23.5 Å². The molecule has 0 aliphatic carbocycles. The molecule has 0 aliphatic heterocycles. The van der Waals surface area contributed by atoms with Crippen LogP contribution < -0.4 is 16.2 Å². The Hall–Kier alpha value is -3.70. The van der Waals surface area contributed by atoms with Crippen LogP contribution in [0.2, 0.25) is 0 Å². The Morgan fingerprint density at radius 2 is 1.72 bits per heavy atom. The van der Waals surface area contributed by atoms with Crippen LogP contribution in [0.4, 0.5) is 10.5 Å². The third-order valence-electron chi connectivity index (χ3n) is 8.46. The van der Waals surface area contributed by atoms with Crippen LogP contribution in [-0.2, 0) is 4.74 Å². The number of benzene rings is 2. The van der Waals surface area contributed by atoms with Crippen LogP contribution >= 0.6 is 11.3 Å². The Morgan fingerprint density at radius 1 is 0.979 bits per heavy atom. The summed E-state index contributed by atoms with van der Waals surface area (Å²) in [4.78, 5) is 29.3. The van der Waals surface area contributed by atoms with E-state index in [0.29, 0.717) is 23.0 Å². The molecule has 4 aromatic rings. The van der Waals surface area contributed by atoms with Crippen LogP contribution in [0.5, 0.6) is 5.75 Å². The van der Waals surface area contributed by atoms with E-state index in [4.69, 9.17) is 4.74 Å². The number of aliphatic hydroxyl groups is 1. The zero-order valence-electron chi connectivity index (χ0n) is 27.9. The number of thiophene rings is 1. The van der Waals surface area contributed by atoms with Crippen molar-refractivity contribution in [3.05, 3.63) is 81.3 Å². The summed E-state index contributed by atoms with van der Waals surface area (Å²) in [5, 5.41) is 31.7. The summed E-state index contributed by atoms with van der Waals surface area (Å²) in [6, 6.07) is 16.1. The van der Waals surface area contributed by atoms with Gasteiger partial charge in [-0.05, 0) is 99.4 Å². The van der Waals surface area contributed by atoms with Crippen LogP contribution in [0, 0.1) is 0 Å². The maximum Gasteiger partial charge on any atom is 0.412 e. The van der Waals surface area contributed by atoms with Crippen LogP contribution in [0.3, 0.4) is 0 Å². The van der Waals surface area contributed by atoms with E-state index in [9.17, 15) is 19.8 Å². The maximum absolute atomic E-state index is 12.7. The number of aromatic amines is 1. The molecule has 0 radical (unpaired) electrons. The van der Waals surface area contributed by atoms with Gasteiger partial charge in [-0.15, -0.1) is 0 Å². The number of nitrogens with one attached hydrogen (secondary N) is 3. The highest BCUT2D eigenvalue weighted by Crippen LogP contribution is 2.30. The average Bonchev–Trinajstić information content (AvgIpc) is 3.58. The summed E-state index contributed by atoms with van der Waals surface area (Å²) < 4.78 is 5.81. The van der Waals surface area contributed by atoms with Gasteiger partial charge in [0.15, 0.2) is 0 Å². The van der Waals surface area contributed by atoms with Gasteiger partial charge in [-0.1, -0.05) is 56.4 Å². The highest BCUT2D eigenvalue weighted by atomic mass is 32.1. The fraction of sp³-hybridized carbons (Fsp3) is 0.459. The predicted octanol–water partition coefficient (Wildman–Crippen LogP) is 7.67. The summed E-state index contributed by atoms with van der Waals surface area (Å²) in [6.07, 6.45) is 7.77. The summed E-state index contributed by atoms with van der Waals surface area (Å²) in [6.45, 7) is 7.05. The number of anilines is 1. The fourth-order valence-electron chi connectivity index (χ4n) is 5.68. The molecule has 10 heteroatoms. The van der Waals surface area contributed by atoms with Crippen molar-refractivity contribution < 1.29 is 19.7 Å². The second kappa shape index (κ2) is 18.0. The van der Waals surface area contributed by atoms with Gasteiger partial charge in [0.05, 0.1) is 17.3 Å². The molecule has 0 aliphatic rings. The molecule has 254 valence electrons. The van der Waals surface area contributed by atoms with Crippen LogP contribution in [0.1, 0.15) is 76.9 Å². The zero-order valence-corrected chi connectivity index (χ0v) is 28.7. The van der Waals surface area contributed by atoms with Crippen molar-refractivity contribution in [1.82, 2.24) is 15.2 Å². The molecule has 1 amide bonds. The van der Waals surface area contributed by atoms with Gasteiger partial charge < -0.3 is 30.2 Å². The van der Waals surface area contributed by atoms with Crippen molar-refractivity contribution in [3.63, 3.8) is 0 Å². The van der Waals surface area contributed by atoms with E-state index in [-0.39, 0.29) is 11.3 Å². The molecule has 47 heavy (non-hydrogen) atoms. The van der Waals surface area contributed by atoms with Crippen molar-refractivity contribution in [2.75, 3.05) is 38.5 Å². The first-order valence-electron chi connectivity index (χ1n) is 16.7. The first-order valence-corrected chi connectivity index (χ1v) is 17.6. The Bertz CT molecular complexity index is 1600. The largest absolute Gasteiger partial charge is 0.506 e. The smallest absolute Gasteiger partial charge is 0.412 e. The average molecular weight is 663 g/mol. The molecule has 5 N–H and O–H groups in total. The molecule has 2 heterocycles. The summed E-state index contributed by atoms with van der Waals surface area (Å²) >= 11 is 1.63. The van der Waals surface area contributed by atoms with Gasteiger partial charge in [-0.2, -0.15) is 11.3 Å². The molecule has 0 saturated heterocycles. The minimum Gasteiger partial charge on any atom is -0.506 e. The summed E-state index contributed by atoms with van der Waals surface area (Å²) in [5.41, 5.74) is 2.97. The second-order valence-electron chi connectivity index (χ2n) is 12.9. The van der Waals surface area contributed by atoms with Crippen LogP contribution in [0.25, 0.3) is 22.0 Å². The number of phenolic OH excluding ortho intramolecular Hbond substituents is 1. The standard InChI is InChI=1S/C37H50N4O5S/c1-37(2,46-36(45)39-31-14-10-9-13-28(31)27-19-24-47-26-27)20-23-41(3)22-12-8-6-4-5-7-11-21-38-25-33(43)29-15-17-32(42)35-30(29)16-18-34(44)40-35/h9-10,13-19,24,26,33,38,42-43H,4-8,11-12,20-23,25H2,1-3H3,(H,39,45)(H,40,44)/t33-/m0/s1. The number of amides is 1. The number of hydrogen-bond acceptors (Lipinski definition) is 8. The number of pyridine rings is 1. The van der Waals surface area contributed by atoms with E-state index in [2.05, 4.69) is 32.9 Å². The Kier molecular flexibility index (Phi) is 13.8. The van der Waals surface area contributed by atoms with Gasteiger partial charge in [0.1, 0.15) is 11.4 Å². The Morgan fingerprint density at radius 3 is 2.49 bits per heavy atom. The Balaban J connectivity index is 1.01. The predicted molar refractivity (Wildman–Crippen MR) is 192 cm³/mol. The zero-order chi connectivity index (χ0) is 33.6. The number of aliphatic hydroxyl groups excluding tert-OH is 1. The van der Waals surface area contributed by atoms with E-state index < -0.39 is 17.8 Å². The van der Waals surface area contributed by atoms with Gasteiger partial charge >= 0.3 is 6.09 Å². The first kappa shape index (κ1) is 36.1. The lowest BCUT2D eigenvalue weighted by atomic mass is 10.0. The first-order chi connectivity index (χ1) is 22.6. The molecule has 1 atom stereocenters. The monoisotopic (exact) mass is 662 g/mol. The van der Waals surface area contributed by atoms with E-state index in [1.165, 1.54) is 37.8 Å². The minimum absolute atomic E-state index is 0.00547. The summed E-state index contributed by atoms with van der Waals surface area (Å²) in [7, 11) is 2.13. The topological polar surface area (TPSA) is 127 Å². The fourth-order valence-corrected chi connectivity index (χ4v) is 6.34. The lowest BCUT2D eigenvalue weighted by Gasteiger charge is -2.28. The SMILES string of the molecule is CN(CCCCCCCCCNC[C@H](O)c1ccc(O)c2[nH]c(=O)ccc12)CCC(C)(C)OC(=O)Nc1ccccc1-c1ccsc1. The third kappa shape index (κ3) is 11.5. The molecule has 0 spiro atoms. The molecule has 0 unspecified atom stereocenters. The molecule has 4 rings (SSSR count). The number of rotatable bonds is 19. The number of H-pyrrole nitrogens is 1. The van der Waals surface area contributed by atoms with Gasteiger partial charge in [-0.3, -0.25) is 10.1 Å². The number of carbonyl (C=O) groups excluding carboxylic acids is 1. The molecule has 2 aromatic carbocycles. The maximum atomic E-state index is 12.7. The number of aromatic nitrogens is 1. The third-order valence-corrected chi connectivity index (χ3v) is 9.14. The normalized spacial score (nSPS) is 12.4. The highest BCUT2D eigenvalue weighted by molar-refractivity contribution is 7.08. The van der Waals surface area contributed by atoms with Gasteiger partial charge in [-0.25, -0.2) is 4.79 Å². The number of carbonyl (C=O) groups is 1. The molecule has 0 saturated carbocycles. The van der Waals surface area contributed by atoms with Crippen molar-refractivity contribution in [2.24, 2.45) is 0 Å². The second-order valence-corrected chi connectivity index (χ2v) is 13.6. The van der Waals surface area contributed by atoms with Gasteiger partial charge in [0.2, 0.25) is 5.56 Å². The number of nitrogens with zero attached hydrogens (tertiary/aromatic N) is 1. The lowest BCUT2D eigenvalue weighted by molar-refractivity contribution is 0.0357. The van der Waals surface area contributed by atoms with Crippen LogP contribution in [0.15, 0.2) is 70.2 Å². The molecular weight excluding hydrogens is 612 g/mol. The highest BCUT2D eigenvalue weighted by Gasteiger charge is 2.24. The quantitative estimate of drug-likeness (QED) is 0.0653. The molecule has 9 nitrogen and oxygen atoms in total. The van der Waals surface area contributed by atoms with Gasteiger partial charge in [0.25, 0.3) is 0 Å². The number of fused-ring (bicyclic) bond motifs is 1. The number of ether oxygens (including phenoxy) is 1. The van der Waals surface area contributed by atoms with E-state index >= 15 is 0 Å². The number of para-hydroxylation sites is 1. The van der Waals surface area contributed by atoms with Gasteiger partial charge in [0, 0.05) is 30.1 Å². The lowest BCUT2D eigenvalue weighted by Crippen LogP contribution is -2.35. The molecule has 0 fully saturated rings. The van der Waals surface area contributed by atoms with E-state index in [1.807, 2.05) is 49.6 Å². The molecule has 0 bridgehead atoms. The van der Waals surface area contributed by atoms with Crippen molar-refractivity contribution in [3.8, 4) is 16.9 Å². The number of phenols is 1. The molecule has 2 aromatic heterocycles. The van der Waals surface area contributed by atoms with E-state index in [0.717, 1.165) is 62.1 Å². The van der Waals surface area contributed by atoms with Crippen LogP contribution in [-0.4, -0.2) is 65.0 Å². The van der Waals surface area contributed by atoms with Crippen molar-refractivity contribution in [2.45, 2.75) is 76.9 Å². The van der Waals surface area contributed by atoms with Crippen molar-refractivity contribution in [1.29, 1.82) is 0 Å². The number of unbranched alkanes of at least 4 members (excludes halogenated alkanes) is 6. The Labute approximate surface area is 282 Å². The summed E-state index contributed by atoms with van der Waals surface area (Å²) in [5.74, 6) is -0.00547. The minimum atomic E-state index is -0.731. The van der Waals surface area contributed by atoms with Crippen molar-refractivity contribution >= 4 is 34.0 Å². The number of hydrogen-bond donors (Lipinski definition) is 5.